The monoisotopic (exact) mass is 414 g/mol. The van der Waals surface area contributed by atoms with Crippen molar-refractivity contribution in [3.8, 4) is 0 Å². The lowest BCUT2D eigenvalue weighted by Gasteiger charge is -2.21. The van der Waals surface area contributed by atoms with E-state index in [0.29, 0.717) is 34.6 Å². The fourth-order valence-electron chi connectivity index (χ4n) is 2.65. The van der Waals surface area contributed by atoms with E-state index in [1.54, 1.807) is 46.7 Å². The highest BCUT2D eigenvalue weighted by Crippen LogP contribution is 2.23. The van der Waals surface area contributed by atoms with E-state index < -0.39 is 0 Å². The van der Waals surface area contributed by atoms with E-state index >= 15 is 0 Å². The van der Waals surface area contributed by atoms with Gasteiger partial charge in [-0.1, -0.05) is 30.7 Å². The van der Waals surface area contributed by atoms with Crippen LogP contribution in [0.2, 0.25) is 5.02 Å². The number of halogens is 1. The van der Waals surface area contributed by atoms with Gasteiger partial charge in [-0.25, -0.2) is 4.98 Å². The Bertz CT molecular complexity index is 942. The number of carbonyl (C=O) groups excluding carboxylic acids is 1. The SMILES string of the molecule is CCCN(Cc1ccc(N=O)cc1)C(=O)c1csc(Nc2ccc(Cl)cc2)n1. The number of hydrogen-bond acceptors (Lipinski definition) is 6. The van der Waals surface area contributed by atoms with Gasteiger partial charge in [-0.05, 0) is 53.6 Å². The van der Waals surface area contributed by atoms with Crippen LogP contribution in [0.15, 0.2) is 59.1 Å². The number of benzene rings is 2. The number of anilines is 2. The molecule has 3 rings (SSSR count). The van der Waals surface area contributed by atoms with Crippen molar-refractivity contribution >= 4 is 45.4 Å². The average Bonchev–Trinajstić information content (AvgIpc) is 3.18. The van der Waals surface area contributed by atoms with Crippen LogP contribution in [-0.2, 0) is 6.54 Å². The van der Waals surface area contributed by atoms with Gasteiger partial charge in [0.2, 0.25) is 0 Å². The summed E-state index contributed by atoms with van der Waals surface area (Å²) >= 11 is 7.27. The van der Waals surface area contributed by atoms with Gasteiger partial charge in [0.25, 0.3) is 5.91 Å². The summed E-state index contributed by atoms with van der Waals surface area (Å²) in [6.45, 7) is 3.08. The van der Waals surface area contributed by atoms with Gasteiger partial charge in [0.15, 0.2) is 5.13 Å². The van der Waals surface area contributed by atoms with Gasteiger partial charge in [0.05, 0.1) is 0 Å². The number of thiazole rings is 1. The standard InChI is InChI=1S/C20H19ClN4O2S/c1-2-11-25(12-14-3-7-17(24-27)8-4-14)19(26)18-13-28-20(23-18)22-16-9-5-15(21)6-10-16/h3-10,13H,2,11-12H2,1H3,(H,22,23). The first kappa shape index (κ1) is 20.0. The highest BCUT2D eigenvalue weighted by Gasteiger charge is 2.19. The molecule has 144 valence electrons. The van der Waals surface area contributed by atoms with E-state index in [2.05, 4.69) is 15.5 Å². The number of amides is 1. The van der Waals surface area contributed by atoms with Crippen molar-refractivity contribution in [2.75, 3.05) is 11.9 Å². The van der Waals surface area contributed by atoms with Gasteiger partial charge in [0.1, 0.15) is 11.4 Å². The molecule has 0 aliphatic rings. The van der Waals surface area contributed by atoms with Gasteiger partial charge >= 0.3 is 0 Å². The molecule has 6 nitrogen and oxygen atoms in total. The smallest absolute Gasteiger partial charge is 0.273 e. The molecule has 0 atom stereocenters. The van der Waals surface area contributed by atoms with Crippen LogP contribution in [0.5, 0.6) is 0 Å². The van der Waals surface area contributed by atoms with Crippen molar-refractivity contribution in [3.63, 3.8) is 0 Å². The second kappa shape index (κ2) is 9.43. The van der Waals surface area contributed by atoms with Gasteiger partial charge in [-0.2, -0.15) is 0 Å². The molecule has 3 aromatic rings. The molecule has 0 aliphatic carbocycles. The van der Waals surface area contributed by atoms with Crippen molar-refractivity contribution in [2.24, 2.45) is 5.18 Å². The molecular weight excluding hydrogens is 396 g/mol. The molecule has 1 amide bonds. The average molecular weight is 415 g/mol. The van der Waals surface area contributed by atoms with E-state index in [9.17, 15) is 9.70 Å². The van der Waals surface area contributed by atoms with E-state index in [0.717, 1.165) is 17.7 Å². The van der Waals surface area contributed by atoms with Crippen LogP contribution in [0.25, 0.3) is 0 Å². The minimum Gasteiger partial charge on any atom is -0.333 e. The van der Waals surface area contributed by atoms with E-state index in [4.69, 9.17) is 11.6 Å². The molecule has 28 heavy (non-hydrogen) atoms. The maximum Gasteiger partial charge on any atom is 0.273 e. The zero-order chi connectivity index (χ0) is 19.9. The molecule has 0 spiro atoms. The summed E-state index contributed by atoms with van der Waals surface area (Å²) in [7, 11) is 0. The molecule has 0 unspecified atom stereocenters. The minimum absolute atomic E-state index is 0.125. The summed E-state index contributed by atoms with van der Waals surface area (Å²) in [6.07, 6.45) is 0.833. The normalized spacial score (nSPS) is 10.5. The predicted octanol–water partition coefficient (Wildman–Crippen LogP) is 5.99. The Kier molecular flexibility index (Phi) is 6.73. The van der Waals surface area contributed by atoms with Crippen molar-refractivity contribution < 1.29 is 4.79 Å². The first-order valence-corrected chi connectivity index (χ1v) is 10.0. The number of nitrogens with zero attached hydrogens (tertiary/aromatic N) is 3. The molecule has 0 saturated carbocycles. The predicted molar refractivity (Wildman–Crippen MR) is 114 cm³/mol. The molecule has 1 N–H and O–H groups in total. The van der Waals surface area contributed by atoms with Crippen molar-refractivity contribution in [3.05, 3.63) is 75.1 Å². The van der Waals surface area contributed by atoms with Crippen LogP contribution in [0, 0.1) is 4.91 Å². The molecule has 1 heterocycles. The number of carbonyl (C=O) groups is 1. The van der Waals surface area contributed by atoms with Crippen molar-refractivity contribution in [1.29, 1.82) is 0 Å². The fourth-order valence-corrected chi connectivity index (χ4v) is 3.48. The molecule has 2 aromatic carbocycles. The molecule has 0 aliphatic heterocycles. The van der Waals surface area contributed by atoms with E-state index in [1.807, 2.05) is 19.1 Å². The Morgan fingerprint density at radius 3 is 2.54 bits per heavy atom. The van der Waals surface area contributed by atoms with Crippen LogP contribution in [0.3, 0.4) is 0 Å². The van der Waals surface area contributed by atoms with Crippen LogP contribution >= 0.6 is 22.9 Å². The maximum atomic E-state index is 12.9. The third kappa shape index (κ3) is 5.15. The van der Waals surface area contributed by atoms with Crippen LogP contribution < -0.4 is 5.32 Å². The topological polar surface area (TPSA) is 74.7 Å². The third-order valence-electron chi connectivity index (χ3n) is 4.01. The molecule has 0 bridgehead atoms. The summed E-state index contributed by atoms with van der Waals surface area (Å²) < 4.78 is 0. The summed E-state index contributed by atoms with van der Waals surface area (Å²) in [5, 5.41) is 9.13. The van der Waals surface area contributed by atoms with Gasteiger partial charge in [-0.15, -0.1) is 16.2 Å². The Balaban J connectivity index is 1.71. The van der Waals surface area contributed by atoms with Crippen LogP contribution in [0.1, 0.15) is 29.4 Å². The summed E-state index contributed by atoms with van der Waals surface area (Å²) in [5.41, 5.74) is 2.56. The molecule has 8 heteroatoms. The van der Waals surface area contributed by atoms with Crippen LogP contribution in [-0.4, -0.2) is 22.3 Å². The van der Waals surface area contributed by atoms with Crippen LogP contribution in [0.4, 0.5) is 16.5 Å². The van der Waals surface area contributed by atoms with Gasteiger partial charge in [-0.3, -0.25) is 4.79 Å². The van der Waals surface area contributed by atoms with Crippen molar-refractivity contribution in [2.45, 2.75) is 19.9 Å². The first-order chi connectivity index (χ1) is 13.6. The van der Waals surface area contributed by atoms with Crippen molar-refractivity contribution in [1.82, 2.24) is 9.88 Å². The lowest BCUT2D eigenvalue weighted by Crippen LogP contribution is -2.31. The number of hydrogen-bond donors (Lipinski definition) is 1. The Hall–Kier alpha value is -2.77. The highest BCUT2D eigenvalue weighted by atomic mass is 35.5. The second-order valence-electron chi connectivity index (χ2n) is 6.15. The molecule has 0 radical (unpaired) electrons. The Morgan fingerprint density at radius 2 is 1.89 bits per heavy atom. The zero-order valence-electron chi connectivity index (χ0n) is 15.3. The van der Waals surface area contributed by atoms with E-state index in [1.165, 1.54) is 11.3 Å². The third-order valence-corrected chi connectivity index (χ3v) is 5.02. The number of nitrogens with one attached hydrogen (secondary N) is 1. The second-order valence-corrected chi connectivity index (χ2v) is 7.45. The number of aromatic nitrogens is 1. The largest absolute Gasteiger partial charge is 0.333 e. The van der Waals surface area contributed by atoms with Gasteiger partial charge < -0.3 is 10.2 Å². The zero-order valence-corrected chi connectivity index (χ0v) is 16.8. The quantitative estimate of drug-likeness (QED) is 0.459. The highest BCUT2D eigenvalue weighted by molar-refractivity contribution is 7.14. The molecule has 0 saturated heterocycles. The lowest BCUT2D eigenvalue weighted by molar-refractivity contribution is 0.0738. The Morgan fingerprint density at radius 1 is 1.18 bits per heavy atom. The Labute approximate surface area is 172 Å². The minimum atomic E-state index is -0.125. The maximum absolute atomic E-state index is 12.9. The lowest BCUT2D eigenvalue weighted by atomic mass is 10.2. The molecule has 0 fully saturated rings. The molecule has 1 aromatic heterocycles. The molecular formula is C20H19ClN4O2S. The van der Waals surface area contributed by atoms with Gasteiger partial charge in [0, 0.05) is 29.2 Å². The summed E-state index contributed by atoms with van der Waals surface area (Å²) in [5.74, 6) is -0.125. The first-order valence-electron chi connectivity index (χ1n) is 8.78. The fraction of sp³-hybridized carbons (Fsp3) is 0.200. The number of nitroso groups, excluding NO2 is 1. The summed E-state index contributed by atoms with van der Waals surface area (Å²) in [4.78, 5) is 29.7. The number of rotatable bonds is 8. The summed E-state index contributed by atoms with van der Waals surface area (Å²) in [6, 6.07) is 14.2. The van der Waals surface area contributed by atoms with E-state index in [-0.39, 0.29) is 5.91 Å².